The number of benzene rings is 1. The number of hydrogen-bond donors (Lipinski definition) is 2. The SMILES string of the molecule is NC[C@@](CCc1ccccc1)(C(=O)O)C(=O)CN1CCC[C@@H](CCc2ccncc2)C1=O. The summed E-state index contributed by atoms with van der Waals surface area (Å²) < 4.78 is 0. The van der Waals surface area contributed by atoms with Crippen molar-refractivity contribution in [2.75, 3.05) is 19.6 Å². The molecule has 2 heterocycles. The van der Waals surface area contributed by atoms with Crippen molar-refractivity contribution in [3.05, 3.63) is 66.0 Å². The van der Waals surface area contributed by atoms with Crippen LogP contribution in [0.15, 0.2) is 54.9 Å². The second-order valence-electron chi connectivity index (χ2n) is 8.49. The van der Waals surface area contributed by atoms with Crippen molar-refractivity contribution in [2.24, 2.45) is 17.1 Å². The van der Waals surface area contributed by atoms with E-state index in [1.165, 1.54) is 4.90 Å². The Bertz CT molecular complexity index is 919. The van der Waals surface area contributed by atoms with Gasteiger partial charge in [-0.3, -0.25) is 19.4 Å². The van der Waals surface area contributed by atoms with E-state index in [1.807, 2.05) is 42.5 Å². The molecular formula is C25H31N3O4. The average Bonchev–Trinajstić information content (AvgIpc) is 2.81. The first-order valence-electron chi connectivity index (χ1n) is 11.1. The largest absolute Gasteiger partial charge is 0.480 e. The van der Waals surface area contributed by atoms with Crippen LogP contribution in [0.1, 0.15) is 36.8 Å². The minimum absolute atomic E-state index is 0.0713. The molecule has 1 saturated heterocycles. The summed E-state index contributed by atoms with van der Waals surface area (Å²) in [5.74, 6) is -1.95. The highest BCUT2D eigenvalue weighted by Gasteiger charge is 2.45. The van der Waals surface area contributed by atoms with Crippen LogP contribution in [0.3, 0.4) is 0 Å². The molecule has 0 unspecified atom stereocenters. The number of carbonyl (C=O) groups is 3. The number of pyridine rings is 1. The van der Waals surface area contributed by atoms with Crippen molar-refractivity contribution in [3.8, 4) is 0 Å². The lowest BCUT2D eigenvalue weighted by Crippen LogP contribution is -2.52. The minimum atomic E-state index is -1.69. The Morgan fingerprint density at radius 3 is 2.44 bits per heavy atom. The van der Waals surface area contributed by atoms with Gasteiger partial charge in [-0.2, -0.15) is 0 Å². The number of hydrogen-bond acceptors (Lipinski definition) is 5. The molecule has 32 heavy (non-hydrogen) atoms. The third-order valence-corrected chi connectivity index (χ3v) is 6.48. The standard InChI is InChI=1S/C25H31N3O4/c26-18-25(24(31)32,13-10-19-5-2-1-3-6-19)22(29)17-28-16-4-7-21(23(28)30)9-8-20-11-14-27-15-12-20/h1-3,5-6,11-12,14-15,21H,4,7-10,13,16-18,26H2,(H,31,32)/t21-,25+/m0/s1. The van der Waals surface area contributed by atoms with Gasteiger partial charge in [0, 0.05) is 31.4 Å². The number of ketones is 1. The molecule has 7 heteroatoms. The molecule has 2 atom stereocenters. The lowest BCUT2D eigenvalue weighted by Gasteiger charge is -2.35. The van der Waals surface area contributed by atoms with Crippen LogP contribution < -0.4 is 5.73 Å². The van der Waals surface area contributed by atoms with Crippen molar-refractivity contribution in [2.45, 2.75) is 38.5 Å². The molecule has 3 N–H and O–H groups in total. The van der Waals surface area contributed by atoms with Crippen LogP contribution in [-0.2, 0) is 27.2 Å². The second kappa shape index (κ2) is 11.0. The van der Waals surface area contributed by atoms with Gasteiger partial charge in [0.2, 0.25) is 5.91 Å². The molecule has 2 aromatic rings. The van der Waals surface area contributed by atoms with Crippen LogP contribution in [0.25, 0.3) is 0 Å². The van der Waals surface area contributed by atoms with Crippen molar-refractivity contribution in [1.29, 1.82) is 0 Å². The minimum Gasteiger partial charge on any atom is -0.480 e. The van der Waals surface area contributed by atoms with E-state index in [9.17, 15) is 19.5 Å². The maximum atomic E-state index is 13.2. The van der Waals surface area contributed by atoms with Gasteiger partial charge in [-0.05, 0) is 61.8 Å². The summed E-state index contributed by atoms with van der Waals surface area (Å²) in [4.78, 5) is 43.9. The van der Waals surface area contributed by atoms with Gasteiger partial charge in [-0.25, -0.2) is 0 Å². The van der Waals surface area contributed by atoms with E-state index in [0.717, 1.165) is 30.4 Å². The molecule has 0 saturated carbocycles. The summed E-state index contributed by atoms with van der Waals surface area (Å²) in [6.45, 7) is -0.0281. The van der Waals surface area contributed by atoms with Crippen molar-refractivity contribution < 1.29 is 19.5 Å². The molecule has 7 nitrogen and oxygen atoms in total. The number of aromatic nitrogens is 1. The third-order valence-electron chi connectivity index (χ3n) is 6.48. The van der Waals surface area contributed by atoms with Gasteiger partial charge < -0.3 is 15.7 Å². The van der Waals surface area contributed by atoms with Crippen LogP contribution in [0.5, 0.6) is 0 Å². The molecule has 3 rings (SSSR count). The summed E-state index contributed by atoms with van der Waals surface area (Å²) in [5.41, 5.74) is 6.22. The fourth-order valence-corrected chi connectivity index (χ4v) is 4.33. The monoisotopic (exact) mass is 437 g/mol. The molecule has 1 aromatic carbocycles. The van der Waals surface area contributed by atoms with Gasteiger partial charge in [-0.15, -0.1) is 0 Å². The summed E-state index contributed by atoms with van der Waals surface area (Å²) in [7, 11) is 0. The number of aliphatic carboxylic acids is 1. The number of nitrogens with two attached hydrogens (primary N) is 1. The van der Waals surface area contributed by atoms with E-state index in [4.69, 9.17) is 5.73 Å². The Labute approximate surface area is 188 Å². The number of carboxylic acid groups (broad SMARTS) is 1. The van der Waals surface area contributed by atoms with E-state index in [1.54, 1.807) is 12.4 Å². The number of rotatable bonds is 11. The zero-order chi connectivity index (χ0) is 23.0. The van der Waals surface area contributed by atoms with Gasteiger partial charge >= 0.3 is 5.97 Å². The maximum absolute atomic E-state index is 13.2. The molecule has 1 fully saturated rings. The van der Waals surface area contributed by atoms with Crippen LogP contribution >= 0.6 is 0 Å². The zero-order valence-electron chi connectivity index (χ0n) is 18.3. The van der Waals surface area contributed by atoms with E-state index in [-0.39, 0.29) is 31.3 Å². The topological polar surface area (TPSA) is 114 Å². The van der Waals surface area contributed by atoms with Crippen LogP contribution in [0, 0.1) is 11.3 Å². The predicted molar refractivity (Wildman–Crippen MR) is 121 cm³/mol. The summed E-state index contributed by atoms with van der Waals surface area (Å²) in [6, 6.07) is 13.3. The summed E-state index contributed by atoms with van der Waals surface area (Å²) in [5, 5.41) is 9.92. The van der Waals surface area contributed by atoms with Crippen molar-refractivity contribution >= 4 is 17.7 Å². The molecular weight excluding hydrogens is 406 g/mol. The third kappa shape index (κ3) is 5.59. The molecule has 0 aliphatic carbocycles. The van der Waals surface area contributed by atoms with Crippen LogP contribution in [0.2, 0.25) is 0 Å². The summed E-state index contributed by atoms with van der Waals surface area (Å²) >= 11 is 0. The smallest absolute Gasteiger partial charge is 0.318 e. The van der Waals surface area contributed by atoms with E-state index in [2.05, 4.69) is 4.98 Å². The lowest BCUT2D eigenvalue weighted by molar-refractivity contribution is -0.157. The predicted octanol–water partition coefficient (Wildman–Crippen LogP) is 2.48. The number of amides is 1. The highest BCUT2D eigenvalue weighted by Crippen LogP contribution is 2.28. The van der Waals surface area contributed by atoms with E-state index < -0.39 is 17.2 Å². The number of piperidine rings is 1. The zero-order valence-corrected chi connectivity index (χ0v) is 18.3. The quantitative estimate of drug-likeness (QED) is 0.522. The lowest BCUT2D eigenvalue weighted by atomic mass is 9.77. The molecule has 1 aliphatic rings. The van der Waals surface area contributed by atoms with Gasteiger partial charge in [0.25, 0.3) is 0 Å². The van der Waals surface area contributed by atoms with Gasteiger partial charge in [0.15, 0.2) is 5.78 Å². The Hall–Kier alpha value is -3.06. The van der Waals surface area contributed by atoms with Crippen molar-refractivity contribution in [3.63, 3.8) is 0 Å². The number of carbonyl (C=O) groups excluding carboxylic acids is 2. The van der Waals surface area contributed by atoms with Crippen LogP contribution in [0.4, 0.5) is 0 Å². The Kier molecular flexibility index (Phi) is 8.11. The number of likely N-dealkylation sites (tertiary alicyclic amines) is 1. The second-order valence-corrected chi connectivity index (χ2v) is 8.49. The highest BCUT2D eigenvalue weighted by atomic mass is 16.4. The molecule has 0 radical (unpaired) electrons. The first kappa shape index (κ1) is 23.6. The Morgan fingerprint density at radius 1 is 1.09 bits per heavy atom. The van der Waals surface area contributed by atoms with E-state index in [0.29, 0.717) is 19.4 Å². The molecule has 0 spiro atoms. The normalized spacial score (nSPS) is 18.2. The molecule has 170 valence electrons. The van der Waals surface area contributed by atoms with Crippen LogP contribution in [-0.4, -0.2) is 52.3 Å². The first-order chi connectivity index (χ1) is 15.5. The number of nitrogens with zero attached hydrogens (tertiary/aromatic N) is 2. The van der Waals surface area contributed by atoms with Gasteiger partial charge in [0.05, 0.1) is 6.54 Å². The molecule has 1 aromatic heterocycles. The maximum Gasteiger partial charge on any atom is 0.318 e. The summed E-state index contributed by atoms with van der Waals surface area (Å²) in [6.07, 6.45) is 7.04. The fraction of sp³-hybridized carbons (Fsp3) is 0.440. The molecule has 0 bridgehead atoms. The Morgan fingerprint density at radius 2 is 1.78 bits per heavy atom. The fourth-order valence-electron chi connectivity index (χ4n) is 4.33. The number of Topliss-reactive ketones (excluding diaryl/α,β-unsaturated/α-hetero) is 1. The van der Waals surface area contributed by atoms with E-state index >= 15 is 0 Å². The van der Waals surface area contributed by atoms with Gasteiger partial charge in [0.1, 0.15) is 5.41 Å². The molecule has 1 amide bonds. The number of carboxylic acids is 1. The average molecular weight is 438 g/mol. The Balaban J connectivity index is 1.65. The highest BCUT2D eigenvalue weighted by molar-refractivity contribution is 6.05. The van der Waals surface area contributed by atoms with Crippen molar-refractivity contribution in [1.82, 2.24) is 9.88 Å². The number of aryl methyl sites for hydroxylation is 2. The first-order valence-corrected chi connectivity index (χ1v) is 11.1. The van der Waals surface area contributed by atoms with Gasteiger partial charge in [-0.1, -0.05) is 30.3 Å². The molecule has 1 aliphatic heterocycles.